The van der Waals surface area contributed by atoms with Gasteiger partial charge in [-0.05, 0) is 36.8 Å². The summed E-state index contributed by atoms with van der Waals surface area (Å²) in [6, 6.07) is 8.98. The molecule has 28 heavy (non-hydrogen) atoms. The van der Waals surface area contributed by atoms with Gasteiger partial charge in [0.1, 0.15) is 19.0 Å². The number of hydrogen-bond donors (Lipinski definition) is 2. The second-order valence-corrected chi connectivity index (χ2v) is 6.80. The van der Waals surface area contributed by atoms with Gasteiger partial charge in [-0.25, -0.2) is 9.18 Å². The Morgan fingerprint density at radius 2 is 1.93 bits per heavy atom. The van der Waals surface area contributed by atoms with E-state index >= 15 is 0 Å². The third-order valence-corrected chi connectivity index (χ3v) is 4.73. The number of nitrogens with zero attached hydrogens (tertiary/aromatic N) is 1. The van der Waals surface area contributed by atoms with Gasteiger partial charge in [-0.1, -0.05) is 6.07 Å². The fourth-order valence-corrected chi connectivity index (χ4v) is 3.28. The minimum Gasteiger partial charge on any atom is -0.486 e. The molecule has 2 aliphatic heterocycles. The molecule has 2 aromatic carbocycles. The molecule has 0 aromatic heterocycles. The molecule has 2 aliphatic rings. The normalized spacial score (nSPS) is 18.1. The zero-order valence-corrected chi connectivity index (χ0v) is 15.3. The second-order valence-electron chi connectivity index (χ2n) is 6.80. The standard InChI is InChI=1S/C20H20FN3O4/c1-12-2-3-13(8-16(12)21)22-20(26)23-14-9-19(25)24(11-14)15-4-5-17-18(10-15)28-7-6-27-17/h2-5,8,10,14H,6-7,9,11H2,1H3,(H2,22,23,26)/t14-/m0/s1. The Morgan fingerprint density at radius 3 is 2.71 bits per heavy atom. The Hall–Kier alpha value is -3.29. The number of carbonyl (C=O) groups is 2. The Kier molecular flexibility index (Phi) is 4.77. The number of halogens is 1. The summed E-state index contributed by atoms with van der Waals surface area (Å²) >= 11 is 0. The minimum absolute atomic E-state index is 0.0941. The summed E-state index contributed by atoms with van der Waals surface area (Å²) in [6.45, 7) is 2.96. The average molecular weight is 385 g/mol. The van der Waals surface area contributed by atoms with E-state index in [9.17, 15) is 14.0 Å². The number of rotatable bonds is 3. The molecule has 0 saturated carbocycles. The largest absolute Gasteiger partial charge is 0.486 e. The SMILES string of the molecule is Cc1ccc(NC(=O)N[C@H]2CC(=O)N(c3ccc4c(c3)OCCO4)C2)cc1F. The fraction of sp³-hybridized carbons (Fsp3) is 0.300. The van der Waals surface area contributed by atoms with E-state index in [1.54, 1.807) is 42.2 Å². The van der Waals surface area contributed by atoms with Crippen molar-refractivity contribution in [2.24, 2.45) is 0 Å². The van der Waals surface area contributed by atoms with Crippen molar-refractivity contribution >= 4 is 23.3 Å². The van der Waals surface area contributed by atoms with Crippen LogP contribution in [0.2, 0.25) is 0 Å². The van der Waals surface area contributed by atoms with Crippen LogP contribution in [0.15, 0.2) is 36.4 Å². The average Bonchev–Trinajstić information content (AvgIpc) is 3.04. The third-order valence-electron chi connectivity index (χ3n) is 4.73. The van der Waals surface area contributed by atoms with Crippen LogP contribution in [-0.2, 0) is 4.79 Å². The van der Waals surface area contributed by atoms with E-state index in [0.29, 0.717) is 48.2 Å². The molecule has 8 heteroatoms. The highest BCUT2D eigenvalue weighted by atomic mass is 19.1. The predicted octanol–water partition coefficient (Wildman–Crippen LogP) is 2.83. The van der Waals surface area contributed by atoms with Crippen LogP contribution in [0.4, 0.5) is 20.6 Å². The van der Waals surface area contributed by atoms with E-state index in [1.807, 2.05) is 0 Å². The maximum Gasteiger partial charge on any atom is 0.319 e. The van der Waals surface area contributed by atoms with Crippen LogP contribution in [0.5, 0.6) is 11.5 Å². The van der Waals surface area contributed by atoms with Crippen molar-refractivity contribution in [3.05, 3.63) is 47.8 Å². The van der Waals surface area contributed by atoms with Crippen molar-refractivity contribution in [2.45, 2.75) is 19.4 Å². The highest BCUT2D eigenvalue weighted by Gasteiger charge is 2.32. The number of benzene rings is 2. The van der Waals surface area contributed by atoms with Gasteiger partial charge in [0.2, 0.25) is 5.91 Å². The van der Waals surface area contributed by atoms with E-state index in [1.165, 1.54) is 6.07 Å². The maximum absolute atomic E-state index is 13.6. The summed E-state index contributed by atoms with van der Waals surface area (Å²) in [5.74, 6) is 0.773. The van der Waals surface area contributed by atoms with Crippen LogP contribution >= 0.6 is 0 Å². The molecular weight excluding hydrogens is 365 g/mol. The molecule has 4 rings (SSSR count). The highest BCUT2D eigenvalue weighted by molar-refractivity contribution is 5.98. The van der Waals surface area contributed by atoms with Crippen molar-refractivity contribution in [2.75, 3.05) is 30.0 Å². The van der Waals surface area contributed by atoms with Gasteiger partial charge < -0.3 is 25.0 Å². The van der Waals surface area contributed by atoms with Crippen LogP contribution in [0.25, 0.3) is 0 Å². The first-order valence-corrected chi connectivity index (χ1v) is 9.03. The molecule has 2 aromatic rings. The first kappa shape index (κ1) is 18.1. The highest BCUT2D eigenvalue weighted by Crippen LogP contribution is 2.35. The van der Waals surface area contributed by atoms with Gasteiger partial charge >= 0.3 is 6.03 Å². The summed E-state index contributed by atoms with van der Waals surface area (Å²) in [5, 5.41) is 5.35. The molecule has 0 spiro atoms. The number of nitrogens with one attached hydrogen (secondary N) is 2. The molecule has 0 radical (unpaired) electrons. The van der Waals surface area contributed by atoms with Gasteiger partial charge in [0, 0.05) is 30.4 Å². The van der Waals surface area contributed by atoms with Gasteiger partial charge in [-0.2, -0.15) is 0 Å². The quantitative estimate of drug-likeness (QED) is 0.852. The van der Waals surface area contributed by atoms with Crippen molar-refractivity contribution in [1.29, 1.82) is 0 Å². The van der Waals surface area contributed by atoms with Crippen molar-refractivity contribution in [1.82, 2.24) is 5.32 Å². The summed E-state index contributed by atoms with van der Waals surface area (Å²) in [5.41, 5.74) is 1.55. The molecular formula is C20H20FN3O4. The summed E-state index contributed by atoms with van der Waals surface area (Å²) in [7, 11) is 0. The van der Waals surface area contributed by atoms with Gasteiger partial charge in [0.05, 0.1) is 6.04 Å². The van der Waals surface area contributed by atoms with E-state index < -0.39 is 11.8 Å². The minimum atomic E-state index is -0.481. The Morgan fingerprint density at radius 1 is 1.14 bits per heavy atom. The predicted molar refractivity (Wildman–Crippen MR) is 101 cm³/mol. The smallest absolute Gasteiger partial charge is 0.319 e. The molecule has 3 amide bonds. The molecule has 0 unspecified atom stereocenters. The van der Waals surface area contributed by atoms with E-state index in [0.717, 1.165) is 0 Å². The fourth-order valence-electron chi connectivity index (χ4n) is 3.28. The number of urea groups is 1. The van der Waals surface area contributed by atoms with Crippen molar-refractivity contribution in [3.8, 4) is 11.5 Å². The van der Waals surface area contributed by atoms with E-state index in [-0.39, 0.29) is 18.4 Å². The summed E-state index contributed by atoms with van der Waals surface area (Å²) in [4.78, 5) is 26.2. The Balaban J connectivity index is 1.39. The molecule has 1 atom stereocenters. The topological polar surface area (TPSA) is 79.9 Å². The maximum atomic E-state index is 13.6. The van der Waals surface area contributed by atoms with Gasteiger partial charge in [-0.15, -0.1) is 0 Å². The molecule has 1 fully saturated rings. The second kappa shape index (κ2) is 7.38. The molecule has 0 aliphatic carbocycles. The van der Waals surface area contributed by atoms with Gasteiger partial charge in [0.25, 0.3) is 0 Å². The molecule has 0 bridgehead atoms. The van der Waals surface area contributed by atoms with Crippen LogP contribution in [-0.4, -0.2) is 37.7 Å². The summed E-state index contributed by atoms with van der Waals surface area (Å²) < 4.78 is 24.7. The molecule has 2 N–H and O–H groups in total. The van der Waals surface area contributed by atoms with Gasteiger partial charge in [-0.3, -0.25) is 4.79 Å². The number of ether oxygens (including phenoxy) is 2. The van der Waals surface area contributed by atoms with Crippen molar-refractivity contribution in [3.63, 3.8) is 0 Å². The van der Waals surface area contributed by atoms with Gasteiger partial charge in [0.15, 0.2) is 11.5 Å². The Bertz CT molecular complexity index is 934. The van der Waals surface area contributed by atoms with Crippen LogP contribution in [0, 0.1) is 12.7 Å². The number of hydrogen-bond acceptors (Lipinski definition) is 4. The van der Waals surface area contributed by atoms with E-state index in [2.05, 4.69) is 10.6 Å². The van der Waals surface area contributed by atoms with Crippen LogP contribution < -0.4 is 25.0 Å². The number of fused-ring (bicyclic) bond motifs is 1. The Labute approximate surface area is 161 Å². The first-order valence-electron chi connectivity index (χ1n) is 9.03. The molecule has 146 valence electrons. The zero-order valence-electron chi connectivity index (χ0n) is 15.3. The summed E-state index contributed by atoms with van der Waals surface area (Å²) in [6.07, 6.45) is 0.185. The molecule has 2 heterocycles. The van der Waals surface area contributed by atoms with E-state index in [4.69, 9.17) is 9.47 Å². The number of carbonyl (C=O) groups excluding carboxylic acids is 2. The zero-order chi connectivity index (χ0) is 19.7. The molecule has 7 nitrogen and oxygen atoms in total. The van der Waals surface area contributed by atoms with Crippen molar-refractivity contribution < 1.29 is 23.5 Å². The van der Waals surface area contributed by atoms with Crippen LogP contribution in [0.1, 0.15) is 12.0 Å². The lowest BCUT2D eigenvalue weighted by Gasteiger charge is -2.22. The number of aryl methyl sites for hydroxylation is 1. The monoisotopic (exact) mass is 385 g/mol. The van der Waals surface area contributed by atoms with Crippen LogP contribution in [0.3, 0.4) is 0 Å². The lowest BCUT2D eigenvalue weighted by molar-refractivity contribution is -0.117. The molecule has 1 saturated heterocycles. The third kappa shape index (κ3) is 3.71. The first-order chi connectivity index (χ1) is 13.5. The lowest BCUT2D eigenvalue weighted by Crippen LogP contribution is -2.39. The number of amides is 3. The lowest BCUT2D eigenvalue weighted by atomic mass is 10.2. The number of anilines is 2.